The molecule has 82 valence electrons. The Hall–Kier alpha value is -1.21. The minimum Gasteiger partial charge on any atom is -0.368 e. The molecule has 0 aliphatic rings. The van der Waals surface area contributed by atoms with E-state index < -0.39 is 0 Å². The van der Waals surface area contributed by atoms with Crippen molar-refractivity contribution < 1.29 is 0 Å². The first-order chi connectivity index (χ1) is 7.70. The highest BCUT2D eigenvalue weighted by atomic mass is 79.9. The van der Waals surface area contributed by atoms with Crippen LogP contribution in [0.25, 0.3) is 11.5 Å². The molecule has 0 aliphatic carbocycles. The number of nitrogens with two attached hydrogens (primary N) is 1. The molecule has 2 aromatic rings. The van der Waals surface area contributed by atoms with E-state index in [-0.39, 0.29) is 5.95 Å². The second-order valence-electron chi connectivity index (χ2n) is 2.84. The van der Waals surface area contributed by atoms with Gasteiger partial charge in [0.15, 0.2) is 11.0 Å². The fraction of sp³-hybridized carbons (Fsp3) is 0.111. The quantitative estimate of drug-likeness (QED) is 0.854. The van der Waals surface area contributed by atoms with E-state index in [0.29, 0.717) is 16.7 Å². The molecule has 2 heterocycles. The van der Waals surface area contributed by atoms with E-state index in [0.717, 1.165) is 4.47 Å². The molecule has 0 amide bonds. The van der Waals surface area contributed by atoms with Gasteiger partial charge in [0.25, 0.3) is 0 Å². The number of anilines is 1. The molecule has 0 radical (unpaired) electrons. The molecule has 0 saturated heterocycles. The van der Waals surface area contributed by atoms with Gasteiger partial charge in [0.1, 0.15) is 5.69 Å². The first-order valence-corrected chi connectivity index (χ1v) is 6.39. The molecule has 0 bridgehead atoms. The highest BCUT2D eigenvalue weighted by molar-refractivity contribution is 9.10. The van der Waals surface area contributed by atoms with Gasteiger partial charge in [0, 0.05) is 10.7 Å². The van der Waals surface area contributed by atoms with Crippen LogP contribution >= 0.6 is 27.7 Å². The van der Waals surface area contributed by atoms with Crippen LogP contribution in [0, 0.1) is 0 Å². The SMILES string of the molecule is CSc1nc(N)nc(-c2ncccc2Br)n1. The van der Waals surface area contributed by atoms with Crippen LogP contribution in [-0.4, -0.2) is 26.2 Å². The first-order valence-electron chi connectivity index (χ1n) is 4.37. The molecule has 0 unspecified atom stereocenters. The van der Waals surface area contributed by atoms with Crippen molar-refractivity contribution in [2.24, 2.45) is 0 Å². The summed E-state index contributed by atoms with van der Waals surface area (Å²) < 4.78 is 0.827. The lowest BCUT2D eigenvalue weighted by atomic mass is 10.3. The third kappa shape index (κ3) is 2.30. The number of aromatic nitrogens is 4. The number of rotatable bonds is 2. The molecule has 0 aromatic carbocycles. The molecule has 5 nitrogen and oxygen atoms in total. The number of nitrogens with zero attached hydrogens (tertiary/aromatic N) is 4. The van der Waals surface area contributed by atoms with Gasteiger partial charge in [-0.3, -0.25) is 4.98 Å². The molecular formula is C9H8BrN5S. The maximum absolute atomic E-state index is 5.60. The van der Waals surface area contributed by atoms with Crippen molar-refractivity contribution in [1.29, 1.82) is 0 Å². The average molecular weight is 298 g/mol. The zero-order valence-electron chi connectivity index (χ0n) is 8.38. The summed E-state index contributed by atoms with van der Waals surface area (Å²) in [6, 6.07) is 3.70. The van der Waals surface area contributed by atoms with Crippen LogP contribution in [-0.2, 0) is 0 Å². The van der Waals surface area contributed by atoms with Crippen LogP contribution < -0.4 is 5.73 Å². The Bertz CT molecular complexity index is 519. The molecule has 2 rings (SSSR count). The Morgan fingerprint density at radius 2 is 2.12 bits per heavy atom. The van der Waals surface area contributed by atoms with E-state index in [1.807, 2.05) is 18.4 Å². The summed E-state index contributed by atoms with van der Waals surface area (Å²) in [6.45, 7) is 0. The largest absolute Gasteiger partial charge is 0.368 e. The number of nitrogen functional groups attached to an aromatic ring is 1. The summed E-state index contributed by atoms with van der Waals surface area (Å²) in [4.78, 5) is 16.5. The molecule has 0 aliphatic heterocycles. The summed E-state index contributed by atoms with van der Waals surface area (Å²) in [5.41, 5.74) is 6.26. The molecule has 2 N–H and O–H groups in total. The lowest BCUT2D eigenvalue weighted by molar-refractivity contribution is 0.920. The summed E-state index contributed by atoms with van der Waals surface area (Å²) >= 11 is 4.81. The Kier molecular flexibility index (Phi) is 3.35. The molecule has 0 saturated carbocycles. The fourth-order valence-electron chi connectivity index (χ4n) is 1.12. The van der Waals surface area contributed by atoms with Crippen LogP contribution in [0.5, 0.6) is 0 Å². The summed E-state index contributed by atoms with van der Waals surface area (Å²) in [7, 11) is 0. The molecule has 7 heteroatoms. The van der Waals surface area contributed by atoms with Crippen molar-refractivity contribution in [3.8, 4) is 11.5 Å². The Labute approximate surface area is 105 Å². The maximum Gasteiger partial charge on any atom is 0.224 e. The third-order valence-corrected chi connectivity index (χ3v) is 2.97. The number of pyridine rings is 1. The molecule has 0 atom stereocenters. The van der Waals surface area contributed by atoms with E-state index in [9.17, 15) is 0 Å². The van der Waals surface area contributed by atoms with Crippen LogP contribution in [0.3, 0.4) is 0 Å². The van der Waals surface area contributed by atoms with Crippen molar-refractivity contribution in [1.82, 2.24) is 19.9 Å². The lowest BCUT2D eigenvalue weighted by Gasteiger charge is -2.03. The Morgan fingerprint density at radius 3 is 2.81 bits per heavy atom. The Balaban J connectivity index is 2.56. The second-order valence-corrected chi connectivity index (χ2v) is 4.47. The predicted octanol–water partition coefficient (Wildman–Crippen LogP) is 2.00. The van der Waals surface area contributed by atoms with Gasteiger partial charge in [-0.05, 0) is 34.3 Å². The van der Waals surface area contributed by atoms with Crippen molar-refractivity contribution in [2.45, 2.75) is 5.16 Å². The number of hydrogen-bond acceptors (Lipinski definition) is 6. The number of halogens is 1. The van der Waals surface area contributed by atoms with Gasteiger partial charge in [-0.15, -0.1) is 0 Å². The smallest absolute Gasteiger partial charge is 0.224 e. The van der Waals surface area contributed by atoms with E-state index in [1.54, 1.807) is 6.20 Å². The summed E-state index contributed by atoms with van der Waals surface area (Å²) in [5, 5.41) is 0.583. The van der Waals surface area contributed by atoms with E-state index in [2.05, 4.69) is 35.9 Å². The highest BCUT2D eigenvalue weighted by Gasteiger charge is 2.10. The van der Waals surface area contributed by atoms with Gasteiger partial charge in [-0.1, -0.05) is 11.8 Å². The maximum atomic E-state index is 5.60. The van der Waals surface area contributed by atoms with Crippen LogP contribution in [0.1, 0.15) is 0 Å². The monoisotopic (exact) mass is 297 g/mol. The van der Waals surface area contributed by atoms with Gasteiger partial charge in [0.2, 0.25) is 5.95 Å². The van der Waals surface area contributed by atoms with Crippen LogP contribution in [0.15, 0.2) is 28.0 Å². The number of hydrogen-bond donors (Lipinski definition) is 1. The molecule has 16 heavy (non-hydrogen) atoms. The molecule has 2 aromatic heterocycles. The lowest BCUT2D eigenvalue weighted by Crippen LogP contribution is -2.02. The minimum atomic E-state index is 0.201. The van der Waals surface area contributed by atoms with E-state index in [4.69, 9.17) is 5.73 Å². The van der Waals surface area contributed by atoms with Crippen molar-refractivity contribution in [3.05, 3.63) is 22.8 Å². The predicted molar refractivity (Wildman–Crippen MR) is 67.0 cm³/mol. The molecule has 0 fully saturated rings. The molecular weight excluding hydrogens is 290 g/mol. The fourth-order valence-corrected chi connectivity index (χ4v) is 1.91. The van der Waals surface area contributed by atoms with Gasteiger partial charge in [-0.2, -0.15) is 9.97 Å². The van der Waals surface area contributed by atoms with E-state index in [1.165, 1.54) is 11.8 Å². The van der Waals surface area contributed by atoms with Crippen molar-refractivity contribution >= 4 is 33.6 Å². The topological polar surface area (TPSA) is 77.6 Å². The van der Waals surface area contributed by atoms with Crippen LogP contribution in [0.2, 0.25) is 0 Å². The highest BCUT2D eigenvalue weighted by Crippen LogP contribution is 2.24. The van der Waals surface area contributed by atoms with Gasteiger partial charge in [-0.25, -0.2) is 4.98 Å². The van der Waals surface area contributed by atoms with Crippen LogP contribution in [0.4, 0.5) is 5.95 Å². The normalized spacial score (nSPS) is 10.4. The van der Waals surface area contributed by atoms with Gasteiger partial charge >= 0.3 is 0 Å². The zero-order chi connectivity index (χ0) is 11.5. The van der Waals surface area contributed by atoms with Crippen molar-refractivity contribution in [3.63, 3.8) is 0 Å². The number of thioether (sulfide) groups is 1. The van der Waals surface area contributed by atoms with E-state index >= 15 is 0 Å². The first kappa shape index (κ1) is 11.3. The third-order valence-electron chi connectivity index (χ3n) is 1.79. The Morgan fingerprint density at radius 1 is 1.31 bits per heavy atom. The van der Waals surface area contributed by atoms with Gasteiger partial charge < -0.3 is 5.73 Å². The summed E-state index contributed by atoms with van der Waals surface area (Å²) in [5.74, 6) is 0.677. The second kappa shape index (κ2) is 4.75. The zero-order valence-corrected chi connectivity index (χ0v) is 10.8. The molecule has 0 spiro atoms. The van der Waals surface area contributed by atoms with Crippen molar-refractivity contribution in [2.75, 3.05) is 12.0 Å². The summed E-state index contributed by atoms with van der Waals surface area (Å²) in [6.07, 6.45) is 3.56. The average Bonchev–Trinajstić information content (AvgIpc) is 2.28. The van der Waals surface area contributed by atoms with Gasteiger partial charge in [0.05, 0.1) is 0 Å². The minimum absolute atomic E-state index is 0.201. The standard InChI is InChI=1S/C9H8BrN5S/c1-16-9-14-7(13-8(11)15-9)6-5(10)3-2-4-12-6/h2-4H,1H3,(H2,11,13,14,15).